The Morgan fingerprint density at radius 3 is 2.93 bits per heavy atom. The summed E-state index contributed by atoms with van der Waals surface area (Å²) in [6.07, 6.45) is 2.47. The first kappa shape index (κ1) is 10.4. The van der Waals surface area contributed by atoms with Crippen molar-refractivity contribution >= 4 is 11.5 Å². The van der Waals surface area contributed by atoms with E-state index < -0.39 is 4.92 Å². The van der Waals surface area contributed by atoms with Crippen LogP contribution in [0, 0.1) is 17.0 Å². The number of nitrogens with one attached hydrogen (secondary N) is 1. The number of anilines is 1. The number of aromatic nitrogens is 1. The maximum Gasteiger partial charge on any atom is 0.277 e. The summed E-state index contributed by atoms with van der Waals surface area (Å²) < 4.78 is 0. The van der Waals surface area contributed by atoms with E-state index in [1.54, 1.807) is 6.92 Å². The van der Waals surface area contributed by atoms with Crippen LogP contribution in [-0.4, -0.2) is 16.5 Å². The second-order valence-corrected chi connectivity index (χ2v) is 3.04. The normalized spacial score (nSPS) is 9.86. The Bertz CT molecular complexity index is 339. The molecule has 1 N–H and O–H groups in total. The highest BCUT2D eigenvalue weighted by molar-refractivity contribution is 5.48. The van der Waals surface area contributed by atoms with Crippen molar-refractivity contribution in [2.75, 3.05) is 11.9 Å². The Labute approximate surface area is 82.3 Å². The highest BCUT2D eigenvalue weighted by Crippen LogP contribution is 2.19. The minimum Gasteiger partial charge on any atom is -0.370 e. The van der Waals surface area contributed by atoms with E-state index in [0.717, 1.165) is 13.0 Å². The molecule has 0 aliphatic carbocycles. The molecule has 0 unspecified atom stereocenters. The van der Waals surface area contributed by atoms with Crippen molar-refractivity contribution in [1.82, 2.24) is 4.98 Å². The summed E-state index contributed by atoms with van der Waals surface area (Å²) in [5.74, 6) is 0.559. The molecule has 0 saturated carbocycles. The molecule has 76 valence electrons. The zero-order valence-electron chi connectivity index (χ0n) is 8.28. The van der Waals surface area contributed by atoms with Gasteiger partial charge in [0.05, 0.1) is 11.0 Å². The molecule has 0 fully saturated rings. The number of rotatable bonds is 4. The first-order valence-corrected chi connectivity index (χ1v) is 4.50. The van der Waals surface area contributed by atoms with Gasteiger partial charge in [-0.1, -0.05) is 6.92 Å². The number of pyridine rings is 1. The molecule has 14 heavy (non-hydrogen) atoms. The number of hydrogen-bond donors (Lipinski definition) is 1. The van der Waals surface area contributed by atoms with E-state index >= 15 is 0 Å². The van der Waals surface area contributed by atoms with Gasteiger partial charge in [0.2, 0.25) is 0 Å². The molecule has 1 heterocycles. The van der Waals surface area contributed by atoms with Crippen molar-refractivity contribution in [3.63, 3.8) is 0 Å². The van der Waals surface area contributed by atoms with Crippen LogP contribution in [-0.2, 0) is 0 Å². The van der Waals surface area contributed by atoms with Gasteiger partial charge >= 0.3 is 0 Å². The predicted octanol–water partition coefficient (Wildman–Crippen LogP) is 2.12. The lowest BCUT2D eigenvalue weighted by Crippen LogP contribution is -2.03. The van der Waals surface area contributed by atoms with Crippen LogP contribution < -0.4 is 5.32 Å². The molecule has 0 aliphatic rings. The first-order valence-electron chi connectivity index (χ1n) is 4.50. The molecule has 5 nitrogen and oxygen atoms in total. The predicted molar refractivity (Wildman–Crippen MR) is 54.4 cm³/mol. The molecule has 1 aromatic heterocycles. The van der Waals surface area contributed by atoms with Crippen molar-refractivity contribution in [3.8, 4) is 0 Å². The fraction of sp³-hybridized carbons (Fsp3) is 0.444. The van der Waals surface area contributed by atoms with Gasteiger partial charge < -0.3 is 5.32 Å². The van der Waals surface area contributed by atoms with Crippen LogP contribution in [0.25, 0.3) is 0 Å². The van der Waals surface area contributed by atoms with Crippen molar-refractivity contribution in [1.29, 1.82) is 0 Å². The highest BCUT2D eigenvalue weighted by atomic mass is 16.6. The Hall–Kier alpha value is -1.65. The smallest absolute Gasteiger partial charge is 0.277 e. The quantitative estimate of drug-likeness (QED) is 0.590. The molecule has 5 heteroatoms. The summed E-state index contributed by atoms with van der Waals surface area (Å²) in [7, 11) is 0. The van der Waals surface area contributed by atoms with E-state index in [2.05, 4.69) is 10.3 Å². The maximum atomic E-state index is 10.6. The molecule has 0 spiro atoms. The molecule has 0 atom stereocenters. The van der Waals surface area contributed by atoms with E-state index in [0.29, 0.717) is 11.4 Å². The summed E-state index contributed by atoms with van der Waals surface area (Å²) >= 11 is 0. The zero-order chi connectivity index (χ0) is 10.6. The Kier molecular flexibility index (Phi) is 3.39. The van der Waals surface area contributed by atoms with Crippen molar-refractivity contribution in [2.24, 2.45) is 0 Å². The topological polar surface area (TPSA) is 68.1 Å². The summed E-state index contributed by atoms with van der Waals surface area (Å²) in [5, 5.41) is 13.6. The van der Waals surface area contributed by atoms with Gasteiger partial charge in [-0.05, 0) is 13.3 Å². The van der Waals surface area contributed by atoms with Gasteiger partial charge in [-0.25, -0.2) is 4.98 Å². The number of nitro groups is 1. The molecular formula is C9H13N3O2. The molecular weight excluding hydrogens is 182 g/mol. The monoisotopic (exact) mass is 195 g/mol. The van der Waals surface area contributed by atoms with Crippen LogP contribution in [0.1, 0.15) is 18.9 Å². The molecule has 0 saturated heterocycles. The van der Waals surface area contributed by atoms with Gasteiger partial charge in [0.15, 0.2) is 0 Å². The standard InChI is InChI=1S/C9H13N3O2/c1-3-4-10-9-5-8(12(13)14)7(2)6-11-9/h5-6H,3-4H2,1-2H3,(H,10,11). The Balaban J connectivity index is 2.89. The van der Waals surface area contributed by atoms with Crippen LogP contribution >= 0.6 is 0 Å². The third-order valence-corrected chi connectivity index (χ3v) is 1.83. The zero-order valence-corrected chi connectivity index (χ0v) is 8.28. The van der Waals surface area contributed by atoms with Crippen LogP contribution in [0.2, 0.25) is 0 Å². The lowest BCUT2D eigenvalue weighted by molar-refractivity contribution is -0.385. The molecule has 0 aromatic carbocycles. The highest BCUT2D eigenvalue weighted by Gasteiger charge is 2.11. The van der Waals surface area contributed by atoms with Gasteiger partial charge in [-0.2, -0.15) is 0 Å². The molecule has 0 bridgehead atoms. The van der Waals surface area contributed by atoms with E-state index in [9.17, 15) is 10.1 Å². The van der Waals surface area contributed by atoms with Crippen molar-refractivity contribution < 1.29 is 4.92 Å². The number of hydrogen-bond acceptors (Lipinski definition) is 4. The summed E-state index contributed by atoms with van der Waals surface area (Å²) in [4.78, 5) is 14.2. The maximum absolute atomic E-state index is 10.6. The summed E-state index contributed by atoms with van der Waals surface area (Å²) in [5.41, 5.74) is 0.690. The third-order valence-electron chi connectivity index (χ3n) is 1.83. The number of nitrogens with zero attached hydrogens (tertiary/aromatic N) is 2. The van der Waals surface area contributed by atoms with Crippen LogP contribution in [0.3, 0.4) is 0 Å². The average Bonchev–Trinajstić information content (AvgIpc) is 2.16. The van der Waals surface area contributed by atoms with Gasteiger partial charge in [0, 0.05) is 18.3 Å². The van der Waals surface area contributed by atoms with Gasteiger partial charge in [-0.3, -0.25) is 10.1 Å². The second kappa shape index (κ2) is 4.55. The lowest BCUT2D eigenvalue weighted by Gasteiger charge is -2.03. The average molecular weight is 195 g/mol. The van der Waals surface area contributed by atoms with E-state index in [-0.39, 0.29) is 5.69 Å². The number of aryl methyl sites for hydroxylation is 1. The summed E-state index contributed by atoms with van der Waals surface area (Å²) in [6, 6.07) is 1.46. The van der Waals surface area contributed by atoms with Gasteiger partial charge in [0.1, 0.15) is 5.82 Å². The van der Waals surface area contributed by atoms with Crippen LogP contribution in [0.4, 0.5) is 11.5 Å². The second-order valence-electron chi connectivity index (χ2n) is 3.04. The fourth-order valence-electron chi connectivity index (χ4n) is 1.06. The van der Waals surface area contributed by atoms with Gasteiger partial charge in [0.25, 0.3) is 5.69 Å². The minimum absolute atomic E-state index is 0.110. The van der Waals surface area contributed by atoms with Crippen molar-refractivity contribution in [3.05, 3.63) is 27.9 Å². The molecule has 0 amide bonds. The Morgan fingerprint density at radius 2 is 2.36 bits per heavy atom. The van der Waals surface area contributed by atoms with E-state index in [1.807, 2.05) is 6.92 Å². The Morgan fingerprint density at radius 1 is 1.64 bits per heavy atom. The molecule has 0 radical (unpaired) electrons. The van der Waals surface area contributed by atoms with Gasteiger partial charge in [-0.15, -0.1) is 0 Å². The van der Waals surface area contributed by atoms with Crippen molar-refractivity contribution in [2.45, 2.75) is 20.3 Å². The summed E-state index contributed by atoms with van der Waals surface area (Å²) in [6.45, 7) is 4.47. The van der Waals surface area contributed by atoms with Crippen LogP contribution in [0.5, 0.6) is 0 Å². The fourth-order valence-corrected chi connectivity index (χ4v) is 1.06. The molecule has 1 aromatic rings. The van der Waals surface area contributed by atoms with E-state index in [4.69, 9.17) is 0 Å². The lowest BCUT2D eigenvalue weighted by atomic mass is 10.2. The molecule has 0 aliphatic heterocycles. The largest absolute Gasteiger partial charge is 0.370 e. The van der Waals surface area contributed by atoms with E-state index in [1.165, 1.54) is 12.3 Å². The minimum atomic E-state index is -0.395. The molecule has 1 rings (SSSR count). The van der Waals surface area contributed by atoms with Crippen LogP contribution in [0.15, 0.2) is 12.3 Å². The first-order chi connectivity index (χ1) is 6.65. The SMILES string of the molecule is CCCNc1cc([N+](=O)[O-])c(C)cn1. The third kappa shape index (κ3) is 2.42.